The van der Waals surface area contributed by atoms with Gasteiger partial charge < -0.3 is 9.31 Å². The van der Waals surface area contributed by atoms with E-state index in [9.17, 15) is 0 Å². The monoisotopic (exact) mass is 420 g/mol. The van der Waals surface area contributed by atoms with Gasteiger partial charge >= 0.3 is 7.12 Å². The van der Waals surface area contributed by atoms with Crippen molar-refractivity contribution in [1.82, 2.24) is 0 Å². The summed E-state index contributed by atoms with van der Waals surface area (Å²) in [6.07, 6.45) is 0. The summed E-state index contributed by atoms with van der Waals surface area (Å²) in [5, 5.41) is 5.48. The van der Waals surface area contributed by atoms with Gasteiger partial charge in [0.15, 0.2) is 0 Å². The van der Waals surface area contributed by atoms with Crippen molar-refractivity contribution >= 4 is 34.1 Å². The van der Waals surface area contributed by atoms with E-state index >= 15 is 0 Å². The molecule has 160 valence electrons. The number of hydrogen-bond acceptors (Lipinski definition) is 2. The molecule has 6 rings (SSSR count). The zero-order valence-electron chi connectivity index (χ0n) is 19.7. The van der Waals surface area contributed by atoms with Crippen molar-refractivity contribution in [2.75, 3.05) is 0 Å². The molecule has 0 bridgehead atoms. The van der Waals surface area contributed by atoms with Gasteiger partial charge in [-0.2, -0.15) is 0 Å². The van der Waals surface area contributed by atoms with Crippen LogP contribution in [0.4, 0.5) is 0 Å². The Kier molecular flexibility index (Phi) is 3.91. The molecule has 0 N–H and O–H groups in total. The lowest BCUT2D eigenvalue weighted by Gasteiger charge is -2.32. The molecular formula is C29H29BO2. The molecule has 0 spiro atoms. The van der Waals surface area contributed by atoms with E-state index in [2.05, 4.69) is 108 Å². The van der Waals surface area contributed by atoms with Gasteiger partial charge in [-0.05, 0) is 83.0 Å². The molecule has 3 heteroatoms. The second-order valence-electron chi connectivity index (χ2n) is 10.9. The SMILES string of the molecule is CC1(C)c2cccc3cc(-c4ccc(B5OC(C)(C)C(C)(C)O5)cc4)c4cccc1c4c23. The number of benzene rings is 4. The first-order valence-electron chi connectivity index (χ1n) is 11.6. The van der Waals surface area contributed by atoms with Crippen LogP contribution in [0.25, 0.3) is 32.7 Å². The molecular weight excluding hydrogens is 391 g/mol. The fourth-order valence-corrected chi connectivity index (χ4v) is 5.47. The van der Waals surface area contributed by atoms with Gasteiger partial charge in [0.1, 0.15) is 0 Å². The van der Waals surface area contributed by atoms with Crippen LogP contribution in [-0.2, 0) is 14.7 Å². The summed E-state index contributed by atoms with van der Waals surface area (Å²) in [5.41, 5.74) is 5.79. The van der Waals surface area contributed by atoms with E-state index in [-0.39, 0.29) is 23.7 Å². The Bertz CT molecular complexity index is 1380. The van der Waals surface area contributed by atoms with Crippen molar-refractivity contribution in [3.05, 3.63) is 77.9 Å². The molecule has 1 aliphatic heterocycles. The summed E-state index contributed by atoms with van der Waals surface area (Å²) in [5.74, 6) is 0. The molecule has 1 heterocycles. The van der Waals surface area contributed by atoms with Crippen LogP contribution in [0.3, 0.4) is 0 Å². The molecule has 4 aromatic rings. The topological polar surface area (TPSA) is 18.5 Å². The second-order valence-corrected chi connectivity index (χ2v) is 10.9. The van der Waals surface area contributed by atoms with E-state index in [4.69, 9.17) is 9.31 Å². The summed E-state index contributed by atoms with van der Waals surface area (Å²) < 4.78 is 12.5. The van der Waals surface area contributed by atoms with Crippen LogP contribution in [0.15, 0.2) is 66.7 Å². The molecule has 0 unspecified atom stereocenters. The Hall–Kier alpha value is -2.62. The van der Waals surface area contributed by atoms with Gasteiger partial charge in [-0.3, -0.25) is 0 Å². The maximum Gasteiger partial charge on any atom is 0.494 e. The fraction of sp³-hybridized carbons (Fsp3) is 0.310. The lowest BCUT2D eigenvalue weighted by atomic mass is 9.78. The molecule has 2 aliphatic rings. The Balaban J connectivity index is 1.49. The highest BCUT2D eigenvalue weighted by Gasteiger charge is 2.51. The van der Waals surface area contributed by atoms with E-state index in [0.717, 1.165) is 5.46 Å². The Morgan fingerprint density at radius 1 is 0.656 bits per heavy atom. The van der Waals surface area contributed by atoms with Gasteiger partial charge in [0.25, 0.3) is 0 Å². The van der Waals surface area contributed by atoms with Gasteiger partial charge in [0, 0.05) is 5.41 Å². The summed E-state index contributed by atoms with van der Waals surface area (Å²) in [6.45, 7) is 13.1. The van der Waals surface area contributed by atoms with Crippen molar-refractivity contribution < 1.29 is 9.31 Å². The average molecular weight is 420 g/mol. The molecule has 0 amide bonds. The van der Waals surface area contributed by atoms with E-state index < -0.39 is 0 Å². The first-order valence-corrected chi connectivity index (χ1v) is 11.6. The van der Waals surface area contributed by atoms with Crippen molar-refractivity contribution in [2.24, 2.45) is 0 Å². The van der Waals surface area contributed by atoms with E-state index in [1.165, 1.54) is 43.8 Å². The normalized spacial score (nSPS) is 20.0. The predicted molar refractivity (Wildman–Crippen MR) is 135 cm³/mol. The number of rotatable bonds is 2. The third kappa shape index (κ3) is 2.55. The van der Waals surface area contributed by atoms with Crippen LogP contribution in [0, 0.1) is 0 Å². The van der Waals surface area contributed by atoms with Gasteiger partial charge in [0.05, 0.1) is 11.2 Å². The van der Waals surface area contributed by atoms with Crippen LogP contribution < -0.4 is 5.46 Å². The Labute approximate surface area is 190 Å². The highest BCUT2D eigenvalue weighted by atomic mass is 16.7. The lowest BCUT2D eigenvalue weighted by molar-refractivity contribution is 0.00578. The molecule has 32 heavy (non-hydrogen) atoms. The highest BCUT2D eigenvalue weighted by molar-refractivity contribution is 6.62. The summed E-state index contributed by atoms with van der Waals surface area (Å²) >= 11 is 0. The van der Waals surface area contributed by atoms with Gasteiger partial charge in [-0.15, -0.1) is 0 Å². The summed E-state index contributed by atoms with van der Waals surface area (Å²) in [4.78, 5) is 0. The van der Waals surface area contributed by atoms with Gasteiger partial charge in [-0.1, -0.05) is 74.5 Å². The highest BCUT2D eigenvalue weighted by Crippen LogP contribution is 2.50. The minimum absolute atomic E-state index is 0.0284. The van der Waals surface area contributed by atoms with Crippen LogP contribution in [-0.4, -0.2) is 18.3 Å². The van der Waals surface area contributed by atoms with Crippen LogP contribution in [0.2, 0.25) is 0 Å². The van der Waals surface area contributed by atoms with Crippen LogP contribution >= 0.6 is 0 Å². The molecule has 0 saturated carbocycles. The van der Waals surface area contributed by atoms with Crippen molar-refractivity contribution in [1.29, 1.82) is 0 Å². The van der Waals surface area contributed by atoms with E-state index in [1.807, 2.05) is 0 Å². The third-order valence-corrected chi connectivity index (χ3v) is 8.09. The van der Waals surface area contributed by atoms with Crippen molar-refractivity contribution in [3.8, 4) is 11.1 Å². The average Bonchev–Trinajstić information content (AvgIpc) is 3.13. The second kappa shape index (κ2) is 6.24. The maximum absolute atomic E-state index is 6.25. The third-order valence-electron chi connectivity index (χ3n) is 8.09. The molecule has 1 fully saturated rings. The van der Waals surface area contributed by atoms with Crippen molar-refractivity contribution in [2.45, 2.75) is 58.2 Å². The Morgan fingerprint density at radius 2 is 1.25 bits per heavy atom. The predicted octanol–water partition coefficient (Wildman–Crippen LogP) is 6.60. The molecule has 2 nitrogen and oxygen atoms in total. The molecule has 0 atom stereocenters. The number of hydrogen-bond donors (Lipinski definition) is 0. The molecule has 0 radical (unpaired) electrons. The van der Waals surface area contributed by atoms with Crippen molar-refractivity contribution in [3.63, 3.8) is 0 Å². The molecule has 0 aromatic heterocycles. The summed E-state index contributed by atoms with van der Waals surface area (Å²) in [6, 6.07) is 24.6. The fourth-order valence-electron chi connectivity index (χ4n) is 5.47. The van der Waals surface area contributed by atoms with Gasteiger partial charge in [0.2, 0.25) is 0 Å². The zero-order valence-corrected chi connectivity index (χ0v) is 19.7. The quantitative estimate of drug-likeness (QED) is 0.269. The first kappa shape index (κ1) is 20.0. The zero-order chi connectivity index (χ0) is 22.5. The maximum atomic E-state index is 6.25. The van der Waals surface area contributed by atoms with Crippen LogP contribution in [0.5, 0.6) is 0 Å². The van der Waals surface area contributed by atoms with Crippen LogP contribution in [0.1, 0.15) is 52.7 Å². The lowest BCUT2D eigenvalue weighted by Crippen LogP contribution is -2.41. The minimum atomic E-state index is -0.334. The smallest absolute Gasteiger partial charge is 0.399 e. The van der Waals surface area contributed by atoms with Gasteiger partial charge in [-0.25, -0.2) is 0 Å². The largest absolute Gasteiger partial charge is 0.494 e. The molecule has 4 aromatic carbocycles. The molecule has 1 saturated heterocycles. The molecule has 1 aliphatic carbocycles. The van der Waals surface area contributed by atoms with E-state index in [0.29, 0.717) is 0 Å². The minimum Gasteiger partial charge on any atom is -0.399 e. The Morgan fingerprint density at radius 3 is 1.91 bits per heavy atom. The standard InChI is InChI=1S/C29H29BO2/c1-27(2)23-11-7-9-19-17-22(21-10-8-12-24(27)26(21)25(19)23)18-13-15-20(16-14-18)30-31-28(3,4)29(5,6)32-30/h7-17H,1-6H3. The van der Waals surface area contributed by atoms with E-state index in [1.54, 1.807) is 0 Å². The first-order chi connectivity index (χ1) is 15.1. The summed E-state index contributed by atoms with van der Waals surface area (Å²) in [7, 11) is -0.334.